The molecule has 2 aromatic carbocycles. The molecule has 1 amide bonds. The Morgan fingerprint density at radius 1 is 1.17 bits per heavy atom. The Morgan fingerprint density at radius 3 is 2.38 bits per heavy atom. The van der Waals surface area contributed by atoms with Crippen LogP contribution in [0.4, 0.5) is 5.69 Å². The third-order valence-electron chi connectivity index (χ3n) is 4.17. The van der Waals surface area contributed by atoms with Crippen LogP contribution in [0.1, 0.15) is 16.2 Å². The Hall–Kier alpha value is -2.36. The number of nitrogens with one attached hydrogen (secondary N) is 1. The predicted molar refractivity (Wildman–Crippen MR) is 113 cm³/mol. The second-order valence-electron chi connectivity index (χ2n) is 6.18. The number of methoxy groups -OCH3 is 1. The summed E-state index contributed by atoms with van der Waals surface area (Å²) in [6, 6.07) is 10.1. The van der Waals surface area contributed by atoms with Crippen molar-refractivity contribution in [1.82, 2.24) is 9.78 Å². The quantitative estimate of drug-likeness (QED) is 0.568. The van der Waals surface area contributed by atoms with Gasteiger partial charge < -0.3 is 10.1 Å². The van der Waals surface area contributed by atoms with E-state index in [2.05, 4.69) is 26.3 Å². The van der Waals surface area contributed by atoms with E-state index in [9.17, 15) is 13.2 Å². The molecule has 152 valence electrons. The molecule has 1 heterocycles. The summed E-state index contributed by atoms with van der Waals surface area (Å²) < 4.78 is 33.2. The van der Waals surface area contributed by atoms with Crippen LogP contribution >= 0.6 is 27.5 Å². The maximum atomic E-state index is 13.0. The molecule has 29 heavy (non-hydrogen) atoms. The first kappa shape index (κ1) is 21.4. The van der Waals surface area contributed by atoms with Crippen molar-refractivity contribution in [3.63, 3.8) is 0 Å². The fourth-order valence-corrected chi connectivity index (χ4v) is 4.70. The van der Waals surface area contributed by atoms with Gasteiger partial charge in [-0.25, -0.2) is 8.42 Å². The molecule has 10 heteroatoms. The Morgan fingerprint density at radius 2 is 1.83 bits per heavy atom. The normalized spacial score (nSPS) is 11.3. The molecule has 1 N–H and O–H groups in total. The molecule has 0 aliphatic carbocycles. The van der Waals surface area contributed by atoms with Gasteiger partial charge in [-0.3, -0.25) is 9.48 Å². The number of hydrogen-bond donors (Lipinski definition) is 1. The molecular weight excluding hydrogens is 482 g/mol. The summed E-state index contributed by atoms with van der Waals surface area (Å²) in [5.74, 6) is -0.154. The second-order valence-corrected chi connectivity index (χ2v) is 9.36. The number of amides is 1. The Kier molecular flexibility index (Phi) is 6.02. The first-order chi connectivity index (χ1) is 13.6. The number of carbonyl (C=O) groups excluding carboxylic acids is 1. The highest BCUT2D eigenvalue weighted by molar-refractivity contribution is 9.10. The van der Waals surface area contributed by atoms with Crippen LogP contribution in [0.15, 0.2) is 56.7 Å². The lowest BCUT2D eigenvalue weighted by Gasteiger charge is -2.12. The molecule has 0 radical (unpaired) electrons. The summed E-state index contributed by atoms with van der Waals surface area (Å²) in [5.41, 5.74) is 1.24. The van der Waals surface area contributed by atoms with E-state index in [1.54, 1.807) is 14.0 Å². The van der Waals surface area contributed by atoms with Gasteiger partial charge in [-0.15, -0.1) is 0 Å². The van der Waals surface area contributed by atoms with E-state index >= 15 is 0 Å². The molecule has 0 unspecified atom stereocenters. The second kappa shape index (κ2) is 8.17. The highest BCUT2D eigenvalue weighted by Crippen LogP contribution is 2.30. The van der Waals surface area contributed by atoms with Crippen LogP contribution in [0.25, 0.3) is 0 Å². The Labute approximate surface area is 181 Å². The van der Waals surface area contributed by atoms with E-state index in [4.69, 9.17) is 16.3 Å². The minimum Gasteiger partial charge on any atom is -0.497 e. The van der Waals surface area contributed by atoms with Gasteiger partial charge in [0.05, 0.1) is 27.1 Å². The van der Waals surface area contributed by atoms with Gasteiger partial charge in [0.25, 0.3) is 5.91 Å². The molecule has 0 bridgehead atoms. The molecule has 0 atom stereocenters. The molecule has 0 aliphatic heterocycles. The fourth-order valence-electron chi connectivity index (χ4n) is 2.74. The van der Waals surface area contributed by atoms with Crippen molar-refractivity contribution in [2.75, 3.05) is 12.4 Å². The third kappa shape index (κ3) is 4.31. The number of rotatable bonds is 5. The summed E-state index contributed by atoms with van der Waals surface area (Å²) >= 11 is 9.20. The number of aromatic nitrogens is 2. The van der Waals surface area contributed by atoms with Crippen molar-refractivity contribution in [1.29, 1.82) is 0 Å². The van der Waals surface area contributed by atoms with Crippen molar-refractivity contribution in [2.24, 2.45) is 7.05 Å². The van der Waals surface area contributed by atoms with Crippen LogP contribution < -0.4 is 10.1 Å². The van der Waals surface area contributed by atoms with Gasteiger partial charge in [0.1, 0.15) is 11.4 Å². The number of nitrogens with zero attached hydrogens (tertiary/aromatic N) is 2. The molecule has 0 saturated carbocycles. The number of hydrogen-bond acceptors (Lipinski definition) is 5. The average Bonchev–Trinajstić information content (AvgIpc) is 2.93. The number of halogens is 2. The molecule has 3 rings (SSSR count). The zero-order valence-corrected chi connectivity index (χ0v) is 18.9. The Bertz CT molecular complexity index is 1190. The van der Waals surface area contributed by atoms with Gasteiger partial charge in [-0.1, -0.05) is 11.6 Å². The molecule has 1 aromatic heterocycles. The summed E-state index contributed by atoms with van der Waals surface area (Å²) in [4.78, 5) is 12.8. The zero-order valence-electron chi connectivity index (χ0n) is 15.7. The summed E-state index contributed by atoms with van der Waals surface area (Å²) in [6.07, 6.45) is 0. The number of aryl methyl sites for hydroxylation is 2. The fraction of sp³-hybridized carbons (Fsp3) is 0.158. The van der Waals surface area contributed by atoms with Gasteiger partial charge >= 0.3 is 0 Å². The zero-order chi connectivity index (χ0) is 21.3. The van der Waals surface area contributed by atoms with Crippen molar-refractivity contribution in [3.8, 4) is 5.75 Å². The summed E-state index contributed by atoms with van der Waals surface area (Å²) in [5, 5.41) is 7.32. The van der Waals surface area contributed by atoms with Crippen LogP contribution in [0.3, 0.4) is 0 Å². The van der Waals surface area contributed by atoms with Crippen molar-refractivity contribution in [2.45, 2.75) is 16.7 Å². The number of ether oxygens (including phenoxy) is 1. The minimum absolute atomic E-state index is 0.0188. The lowest BCUT2D eigenvalue weighted by molar-refractivity contribution is 0.101. The SMILES string of the molecule is COc1cc(NC(=O)c2c(Br)c(C)nn2C)cc(S(=O)(=O)c2ccc(Cl)cc2)c1. The van der Waals surface area contributed by atoms with Crippen molar-refractivity contribution >= 4 is 49.0 Å². The molecule has 0 saturated heterocycles. The minimum atomic E-state index is -3.84. The highest BCUT2D eigenvalue weighted by Gasteiger charge is 2.22. The molecule has 7 nitrogen and oxygen atoms in total. The lowest BCUT2D eigenvalue weighted by Crippen LogP contribution is -2.17. The smallest absolute Gasteiger partial charge is 0.275 e. The number of anilines is 1. The largest absolute Gasteiger partial charge is 0.497 e. The van der Waals surface area contributed by atoms with E-state index < -0.39 is 15.7 Å². The van der Waals surface area contributed by atoms with Crippen LogP contribution in [-0.4, -0.2) is 31.2 Å². The molecule has 0 spiro atoms. The van der Waals surface area contributed by atoms with Gasteiger partial charge in [0.15, 0.2) is 0 Å². The number of benzene rings is 2. The monoisotopic (exact) mass is 497 g/mol. The van der Waals surface area contributed by atoms with Crippen molar-refractivity contribution in [3.05, 3.63) is 63.3 Å². The van der Waals surface area contributed by atoms with Gasteiger partial charge in [-0.2, -0.15) is 5.10 Å². The molecular formula is C19H17BrClN3O4S. The molecule has 0 aliphatic rings. The maximum absolute atomic E-state index is 13.0. The van der Waals surface area contributed by atoms with E-state index in [0.717, 1.165) is 0 Å². The first-order valence-corrected chi connectivity index (χ1v) is 11.0. The van der Waals surface area contributed by atoms with Crippen LogP contribution in [0.2, 0.25) is 5.02 Å². The number of sulfone groups is 1. The van der Waals surface area contributed by atoms with Crippen LogP contribution in [-0.2, 0) is 16.9 Å². The van der Waals surface area contributed by atoms with Crippen molar-refractivity contribution < 1.29 is 17.9 Å². The van der Waals surface area contributed by atoms with Gasteiger partial charge in [0.2, 0.25) is 9.84 Å². The van der Waals surface area contributed by atoms with E-state index in [1.165, 1.54) is 54.3 Å². The molecule has 3 aromatic rings. The third-order valence-corrected chi connectivity index (χ3v) is 7.12. The summed E-state index contributed by atoms with van der Waals surface area (Å²) in [7, 11) is -0.775. The van der Waals surface area contributed by atoms with Gasteiger partial charge in [-0.05, 0) is 59.3 Å². The topological polar surface area (TPSA) is 90.3 Å². The highest BCUT2D eigenvalue weighted by atomic mass is 79.9. The van der Waals surface area contributed by atoms with E-state index in [1.807, 2.05) is 0 Å². The van der Waals surface area contributed by atoms with Crippen LogP contribution in [0.5, 0.6) is 5.75 Å². The predicted octanol–water partition coefficient (Wildman–Crippen LogP) is 4.24. The Balaban J connectivity index is 2.01. The standard InChI is InChI=1S/C19H17BrClN3O4S/c1-11-17(20)18(24(2)23-11)19(25)22-13-8-14(28-3)10-16(9-13)29(26,27)15-6-4-12(21)5-7-15/h4-10H,1-3H3,(H,22,25). The van der Waals surface area contributed by atoms with E-state index in [0.29, 0.717) is 20.9 Å². The first-order valence-electron chi connectivity index (χ1n) is 8.33. The lowest BCUT2D eigenvalue weighted by atomic mass is 10.2. The maximum Gasteiger partial charge on any atom is 0.275 e. The van der Waals surface area contributed by atoms with Gasteiger partial charge in [0, 0.05) is 23.8 Å². The number of carbonyl (C=O) groups is 1. The molecule has 0 fully saturated rings. The van der Waals surface area contributed by atoms with E-state index in [-0.39, 0.29) is 21.2 Å². The summed E-state index contributed by atoms with van der Waals surface area (Å²) in [6.45, 7) is 1.77. The van der Waals surface area contributed by atoms with Crippen LogP contribution in [0, 0.1) is 6.92 Å². The average molecular weight is 499 g/mol.